The lowest BCUT2D eigenvalue weighted by Crippen LogP contribution is -2.71. The summed E-state index contributed by atoms with van der Waals surface area (Å²) < 4.78 is 29.1. The lowest BCUT2D eigenvalue weighted by atomic mass is 9.95. The molecular formula is C33H39FN8O3. The summed E-state index contributed by atoms with van der Waals surface area (Å²) in [7, 11) is 0. The van der Waals surface area contributed by atoms with Gasteiger partial charge in [-0.2, -0.15) is 5.10 Å². The van der Waals surface area contributed by atoms with Crippen LogP contribution < -0.4 is 10.5 Å². The number of aromatic nitrogens is 4. The van der Waals surface area contributed by atoms with Crippen molar-refractivity contribution in [1.29, 1.82) is 0 Å². The predicted octanol–water partition coefficient (Wildman–Crippen LogP) is 4.76. The Morgan fingerprint density at radius 3 is 2.29 bits per heavy atom. The van der Waals surface area contributed by atoms with E-state index in [0.717, 1.165) is 30.9 Å². The monoisotopic (exact) mass is 614 g/mol. The van der Waals surface area contributed by atoms with Crippen LogP contribution in [0.5, 0.6) is 11.5 Å². The molecule has 2 unspecified atom stereocenters. The molecule has 3 aliphatic rings. The standard InChI is InChI=1S/C33H39FN8O3/c1-33(2,3)45-32(43)41-17-23(18-41)40-15-22(16-40)39-14-13-27(26(34)19-39)42-31-28(30(35)36-20-37-31)29(38-42)21-9-11-25(12-10-21)44-24-7-5-4-6-8-24/h4-12,20,22-23,26-27H,13-19H2,1-3H3,(H2,35,36,37). The number of halogens is 1. The molecular weight excluding hydrogens is 575 g/mol. The van der Waals surface area contributed by atoms with Crippen molar-refractivity contribution < 1.29 is 18.7 Å². The second-order valence-electron chi connectivity index (χ2n) is 13.2. The number of hydrogen-bond acceptors (Lipinski definition) is 9. The molecule has 12 heteroatoms. The molecule has 3 saturated heterocycles. The first-order valence-electron chi connectivity index (χ1n) is 15.5. The average Bonchev–Trinajstić information content (AvgIpc) is 3.34. The van der Waals surface area contributed by atoms with Crippen molar-refractivity contribution in [1.82, 2.24) is 34.4 Å². The molecule has 2 N–H and O–H groups in total. The van der Waals surface area contributed by atoms with Crippen molar-refractivity contribution in [3.8, 4) is 22.8 Å². The van der Waals surface area contributed by atoms with Crippen LogP contribution in [0.3, 0.4) is 0 Å². The van der Waals surface area contributed by atoms with Crippen LogP contribution in [0.2, 0.25) is 0 Å². The van der Waals surface area contributed by atoms with Crippen LogP contribution in [0.4, 0.5) is 15.0 Å². The van der Waals surface area contributed by atoms with Gasteiger partial charge in [-0.25, -0.2) is 23.8 Å². The molecule has 45 heavy (non-hydrogen) atoms. The fraction of sp³-hybridized carbons (Fsp3) is 0.455. The summed E-state index contributed by atoms with van der Waals surface area (Å²) in [5.74, 6) is 1.76. The third kappa shape index (κ3) is 5.91. The highest BCUT2D eigenvalue weighted by atomic mass is 19.1. The Hall–Kier alpha value is -4.29. The second kappa shape index (κ2) is 11.6. The van der Waals surface area contributed by atoms with Crippen LogP contribution in [-0.2, 0) is 4.74 Å². The molecule has 2 atom stereocenters. The van der Waals surface area contributed by atoms with E-state index < -0.39 is 17.8 Å². The van der Waals surface area contributed by atoms with Crippen molar-refractivity contribution in [3.63, 3.8) is 0 Å². The van der Waals surface area contributed by atoms with Crippen molar-refractivity contribution in [2.45, 2.75) is 57.1 Å². The third-order valence-corrected chi connectivity index (χ3v) is 8.91. The number of hydrogen-bond donors (Lipinski definition) is 1. The van der Waals surface area contributed by atoms with Gasteiger partial charge in [0, 0.05) is 56.9 Å². The molecule has 5 heterocycles. The van der Waals surface area contributed by atoms with Crippen molar-refractivity contribution in [2.24, 2.45) is 0 Å². The molecule has 0 radical (unpaired) electrons. The molecule has 0 aliphatic carbocycles. The van der Waals surface area contributed by atoms with Gasteiger partial charge in [0.1, 0.15) is 41.1 Å². The number of piperidine rings is 1. The summed E-state index contributed by atoms with van der Waals surface area (Å²) in [5, 5.41) is 5.52. The maximum absolute atomic E-state index is 15.9. The molecule has 2 aromatic carbocycles. The number of nitrogens with zero attached hydrogens (tertiary/aromatic N) is 7. The van der Waals surface area contributed by atoms with Gasteiger partial charge in [0.05, 0.1) is 11.4 Å². The number of carbonyl (C=O) groups excluding carboxylic acids is 1. The lowest BCUT2D eigenvalue weighted by Gasteiger charge is -2.54. The number of carbonyl (C=O) groups is 1. The van der Waals surface area contributed by atoms with Crippen molar-refractivity contribution in [2.75, 3.05) is 45.0 Å². The molecule has 1 amide bonds. The van der Waals surface area contributed by atoms with Crippen LogP contribution in [0.15, 0.2) is 60.9 Å². The van der Waals surface area contributed by atoms with E-state index in [-0.39, 0.29) is 6.09 Å². The van der Waals surface area contributed by atoms with E-state index in [0.29, 0.717) is 66.4 Å². The zero-order valence-corrected chi connectivity index (χ0v) is 25.8. The molecule has 11 nitrogen and oxygen atoms in total. The second-order valence-corrected chi connectivity index (χ2v) is 13.2. The Balaban J connectivity index is 0.996. The van der Waals surface area contributed by atoms with Crippen LogP contribution in [-0.4, -0.2) is 104 Å². The number of anilines is 1. The van der Waals surface area contributed by atoms with Gasteiger partial charge in [-0.1, -0.05) is 18.2 Å². The van der Waals surface area contributed by atoms with Gasteiger partial charge in [-0.05, 0) is 63.6 Å². The minimum absolute atomic E-state index is 0.256. The number of para-hydroxylation sites is 1. The number of ether oxygens (including phenoxy) is 2. The number of nitrogens with two attached hydrogens (primary N) is 1. The fourth-order valence-corrected chi connectivity index (χ4v) is 6.44. The zero-order valence-electron chi connectivity index (χ0n) is 25.8. The quantitative estimate of drug-likeness (QED) is 0.328. The minimum Gasteiger partial charge on any atom is -0.457 e. The molecule has 0 spiro atoms. The first-order chi connectivity index (χ1) is 21.6. The van der Waals surface area contributed by atoms with Gasteiger partial charge >= 0.3 is 6.09 Å². The Bertz CT molecular complexity index is 1660. The number of nitrogen functional groups attached to an aromatic ring is 1. The normalized spacial score (nSPS) is 21.8. The Morgan fingerprint density at radius 2 is 1.60 bits per heavy atom. The number of likely N-dealkylation sites (tertiary alicyclic amines) is 3. The van der Waals surface area contributed by atoms with Gasteiger partial charge in [0.25, 0.3) is 0 Å². The lowest BCUT2D eigenvalue weighted by molar-refractivity contribution is -0.0697. The summed E-state index contributed by atoms with van der Waals surface area (Å²) >= 11 is 0. The van der Waals surface area contributed by atoms with E-state index in [1.807, 2.05) is 75.4 Å². The van der Waals surface area contributed by atoms with E-state index in [1.54, 1.807) is 9.58 Å². The summed E-state index contributed by atoms with van der Waals surface area (Å²) in [5.41, 5.74) is 7.83. The first-order valence-corrected chi connectivity index (χ1v) is 15.5. The minimum atomic E-state index is -1.12. The maximum Gasteiger partial charge on any atom is 0.410 e. The summed E-state index contributed by atoms with van der Waals surface area (Å²) in [4.78, 5) is 27.4. The Labute approximate surface area is 261 Å². The SMILES string of the molecule is CC(C)(C)OC(=O)N1CC(N2CC(N3CCC(n4nc(-c5ccc(Oc6ccccc6)cc5)c5c(N)ncnc54)C(F)C3)C2)C1. The van der Waals surface area contributed by atoms with E-state index >= 15 is 4.39 Å². The maximum atomic E-state index is 15.9. The number of benzene rings is 2. The summed E-state index contributed by atoms with van der Waals surface area (Å²) in [6.07, 6.45) is 0.644. The van der Waals surface area contributed by atoms with Gasteiger partial charge < -0.3 is 20.1 Å². The van der Waals surface area contributed by atoms with E-state index in [4.69, 9.17) is 20.3 Å². The number of rotatable bonds is 6. The molecule has 236 valence electrons. The number of amides is 1. The molecule has 0 saturated carbocycles. The van der Waals surface area contributed by atoms with E-state index in [2.05, 4.69) is 19.8 Å². The molecule has 2 aromatic heterocycles. The highest BCUT2D eigenvalue weighted by Crippen LogP contribution is 2.37. The molecule has 3 fully saturated rings. The summed E-state index contributed by atoms with van der Waals surface area (Å²) in [6, 6.07) is 17.4. The van der Waals surface area contributed by atoms with Crippen molar-refractivity contribution >= 4 is 22.9 Å². The largest absolute Gasteiger partial charge is 0.457 e. The van der Waals surface area contributed by atoms with Gasteiger partial charge in [0.2, 0.25) is 0 Å². The van der Waals surface area contributed by atoms with Gasteiger partial charge in [-0.3, -0.25) is 9.80 Å². The molecule has 0 bridgehead atoms. The number of alkyl halides is 1. The summed E-state index contributed by atoms with van der Waals surface area (Å²) in [6.45, 7) is 9.85. The first kappa shape index (κ1) is 29.4. The Morgan fingerprint density at radius 1 is 0.911 bits per heavy atom. The molecule has 3 aliphatic heterocycles. The smallest absolute Gasteiger partial charge is 0.410 e. The topological polar surface area (TPSA) is 115 Å². The highest BCUT2D eigenvalue weighted by molar-refractivity contribution is 5.98. The molecule has 7 rings (SSSR count). The molecule has 4 aromatic rings. The zero-order chi connectivity index (χ0) is 31.3. The fourth-order valence-electron chi connectivity index (χ4n) is 6.44. The van der Waals surface area contributed by atoms with Crippen LogP contribution in [0.1, 0.15) is 33.2 Å². The van der Waals surface area contributed by atoms with Gasteiger partial charge in [0.15, 0.2) is 5.65 Å². The van der Waals surface area contributed by atoms with Crippen LogP contribution >= 0.6 is 0 Å². The predicted molar refractivity (Wildman–Crippen MR) is 169 cm³/mol. The van der Waals surface area contributed by atoms with E-state index in [1.165, 1.54) is 6.33 Å². The average molecular weight is 615 g/mol. The van der Waals surface area contributed by atoms with E-state index in [9.17, 15) is 4.79 Å². The van der Waals surface area contributed by atoms with Crippen LogP contribution in [0, 0.1) is 0 Å². The van der Waals surface area contributed by atoms with Crippen LogP contribution in [0.25, 0.3) is 22.3 Å². The Kier molecular flexibility index (Phi) is 7.57. The van der Waals surface area contributed by atoms with Crippen molar-refractivity contribution in [3.05, 3.63) is 60.9 Å². The van der Waals surface area contributed by atoms with Gasteiger partial charge in [-0.15, -0.1) is 0 Å². The highest BCUT2D eigenvalue weighted by Gasteiger charge is 2.45. The third-order valence-electron chi connectivity index (χ3n) is 8.91. The number of fused-ring (bicyclic) bond motifs is 1.